The lowest BCUT2D eigenvalue weighted by Crippen LogP contribution is -1.85. The standard InChI is InChI=1S/C10H9F2NS/c11-9-4-3-8(7-10(9)12)14-6-2-1-5-13/h3-4,7H,1-2,6H2. The number of unbranched alkanes of at least 4 members (excludes halogenated alkanes) is 1. The molecule has 0 N–H and O–H groups in total. The fraction of sp³-hybridized carbons (Fsp3) is 0.300. The van der Waals surface area contributed by atoms with Gasteiger partial charge in [0, 0.05) is 11.3 Å². The Morgan fingerprint density at radius 3 is 2.71 bits per heavy atom. The van der Waals surface area contributed by atoms with Crippen LogP contribution in [0.15, 0.2) is 23.1 Å². The first-order chi connectivity index (χ1) is 6.74. The van der Waals surface area contributed by atoms with E-state index in [1.807, 2.05) is 6.07 Å². The van der Waals surface area contributed by atoms with E-state index in [1.54, 1.807) is 0 Å². The van der Waals surface area contributed by atoms with E-state index in [-0.39, 0.29) is 0 Å². The molecule has 0 aromatic heterocycles. The summed E-state index contributed by atoms with van der Waals surface area (Å²) in [5.74, 6) is -0.903. The molecule has 0 unspecified atom stereocenters. The largest absolute Gasteiger partial charge is 0.204 e. The first-order valence-corrected chi connectivity index (χ1v) is 5.17. The van der Waals surface area contributed by atoms with Crippen LogP contribution in [0.4, 0.5) is 8.78 Å². The number of nitrogens with zero attached hydrogens (tertiary/aromatic N) is 1. The van der Waals surface area contributed by atoms with Crippen LogP contribution in [0.5, 0.6) is 0 Å². The zero-order chi connectivity index (χ0) is 10.4. The van der Waals surface area contributed by atoms with Crippen LogP contribution in [0, 0.1) is 23.0 Å². The Morgan fingerprint density at radius 2 is 2.07 bits per heavy atom. The van der Waals surface area contributed by atoms with Gasteiger partial charge in [-0.3, -0.25) is 0 Å². The molecule has 0 spiro atoms. The van der Waals surface area contributed by atoms with Crippen molar-refractivity contribution in [2.24, 2.45) is 0 Å². The third-order valence-corrected chi connectivity index (χ3v) is 2.67. The fourth-order valence-electron chi connectivity index (χ4n) is 0.908. The lowest BCUT2D eigenvalue weighted by molar-refractivity contribution is 0.506. The van der Waals surface area contributed by atoms with Crippen molar-refractivity contribution in [3.05, 3.63) is 29.8 Å². The SMILES string of the molecule is N#CCCCSc1ccc(F)c(F)c1. The maximum atomic E-state index is 12.7. The molecule has 14 heavy (non-hydrogen) atoms. The van der Waals surface area contributed by atoms with Gasteiger partial charge >= 0.3 is 0 Å². The molecule has 1 aromatic carbocycles. The van der Waals surface area contributed by atoms with Crippen LogP contribution >= 0.6 is 11.8 Å². The summed E-state index contributed by atoms with van der Waals surface area (Å²) in [5, 5.41) is 8.28. The van der Waals surface area contributed by atoms with E-state index in [2.05, 4.69) is 0 Å². The predicted octanol–water partition coefficient (Wildman–Crippen LogP) is 3.36. The average Bonchev–Trinajstić information content (AvgIpc) is 2.18. The first kappa shape index (κ1) is 11.0. The molecule has 0 aliphatic rings. The van der Waals surface area contributed by atoms with E-state index in [4.69, 9.17) is 5.26 Å². The smallest absolute Gasteiger partial charge is 0.159 e. The van der Waals surface area contributed by atoms with Gasteiger partial charge in [-0.05, 0) is 30.4 Å². The zero-order valence-corrected chi connectivity index (χ0v) is 8.28. The molecule has 74 valence electrons. The molecule has 1 aromatic rings. The summed E-state index contributed by atoms with van der Waals surface area (Å²) in [7, 11) is 0. The average molecular weight is 213 g/mol. The van der Waals surface area contributed by atoms with Gasteiger partial charge in [0.1, 0.15) is 0 Å². The maximum absolute atomic E-state index is 12.7. The molecule has 0 aliphatic heterocycles. The Labute approximate surface area is 85.7 Å². The normalized spacial score (nSPS) is 9.79. The van der Waals surface area contributed by atoms with Crippen molar-refractivity contribution in [3.63, 3.8) is 0 Å². The third kappa shape index (κ3) is 3.35. The zero-order valence-electron chi connectivity index (χ0n) is 7.46. The molecule has 0 radical (unpaired) electrons. The molecule has 0 atom stereocenters. The number of benzene rings is 1. The Balaban J connectivity index is 2.44. The van der Waals surface area contributed by atoms with E-state index in [0.29, 0.717) is 11.3 Å². The van der Waals surface area contributed by atoms with Crippen LogP contribution in [-0.2, 0) is 0 Å². The number of nitriles is 1. The Hall–Kier alpha value is -1.08. The molecular weight excluding hydrogens is 204 g/mol. The van der Waals surface area contributed by atoms with Crippen molar-refractivity contribution in [3.8, 4) is 6.07 Å². The molecule has 0 saturated carbocycles. The second-order valence-electron chi connectivity index (χ2n) is 2.69. The highest BCUT2D eigenvalue weighted by atomic mass is 32.2. The van der Waals surface area contributed by atoms with Crippen molar-refractivity contribution in [2.75, 3.05) is 5.75 Å². The molecule has 0 bridgehead atoms. The van der Waals surface area contributed by atoms with E-state index in [0.717, 1.165) is 18.2 Å². The monoisotopic (exact) mass is 213 g/mol. The molecule has 0 fully saturated rings. The molecule has 4 heteroatoms. The topological polar surface area (TPSA) is 23.8 Å². The molecule has 0 saturated heterocycles. The van der Waals surface area contributed by atoms with Crippen LogP contribution in [0.1, 0.15) is 12.8 Å². The van der Waals surface area contributed by atoms with Gasteiger partial charge < -0.3 is 0 Å². The highest BCUT2D eigenvalue weighted by Gasteiger charge is 2.02. The van der Waals surface area contributed by atoms with Crippen molar-refractivity contribution in [2.45, 2.75) is 17.7 Å². The minimum atomic E-state index is -0.827. The minimum absolute atomic E-state index is 0.497. The molecule has 0 amide bonds. The van der Waals surface area contributed by atoms with Gasteiger partial charge in [-0.25, -0.2) is 8.78 Å². The Bertz CT molecular complexity index is 346. The van der Waals surface area contributed by atoms with E-state index in [9.17, 15) is 8.78 Å². The summed E-state index contributed by atoms with van der Waals surface area (Å²) in [6, 6.07) is 5.85. The van der Waals surface area contributed by atoms with Gasteiger partial charge in [0.15, 0.2) is 11.6 Å². The summed E-state index contributed by atoms with van der Waals surface area (Å²) < 4.78 is 25.2. The Morgan fingerprint density at radius 1 is 1.29 bits per heavy atom. The highest BCUT2D eigenvalue weighted by Crippen LogP contribution is 2.21. The quantitative estimate of drug-likeness (QED) is 0.565. The second kappa shape index (κ2) is 5.61. The lowest BCUT2D eigenvalue weighted by Gasteiger charge is -2.00. The first-order valence-electron chi connectivity index (χ1n) is 4.19. The van der Waals surface area contributed by atoms with Crippen molar-refractivity contribution in [1.82, 2.24) is 0 Å². The highest BCUT2D eigenvalue weighted by molar-refractivity contribution is 7.99. The van der Waals surface area contributed by atoms with Crippen molar-refractivity contribution in [1.29, 1.82) is 5.26 Å². The van der Waals surface area contributed by atoms with Crippen molar-refractivity contribution < 1.29 is 8.78 Å². The van der Waals surface area contributed by atoms with E-state index < -0.39 is 11.6 Å². The van der Waals surface area contributed by atoms with Crippen LogP contribution < -0.4 is 0 Å². The molecule has 0 aliphatic carbocycles. The molecule has 1 nitrogen and oxygen atoms in total. The summed E-state index contributed by atoms with van der Waals surface area (Å²) in [5.41, 5.74) is 0. The number of thioether (sulfide) groups is 1. The number of rotatable bonds is 4. The fourth-order valence-corrected chi connectivity index (χ4v) is 1.78. The summed E-state index contributed by atoms with van der Waals surface area (Å²) >= 11 is 1.43. The van der Waals surface area contributed by atoms with Gasteiger partial charge in [0.25, 0.3) is 0 Å². The summed E-state index contributed by atoms with van der Waals surface area (Å²) in [6.45, 7) is 0. The lowest BCUT2D eigenvalue weighted by atomic mass is 10.3. The van der Waals surface area contributed by atoms with Crippen LogP contribution in [-0.4, -0.2) is 5.75 Å². The second-order valence-corrected chi connectivity index (χ2v) is 3.85. The third-order valence-electron chi connectivity index (χ3n) is 1.59. The van der Waals surface area contributed by atoms with Crippen LogP contribution in [0.25, 0.3) is 0 Å². The van der Waals surface area contributed by atoms with E-state index >= 15 is 0 Å². The molecule has 1 rings (SSSR count). The van der Waals surface area contributed by atoms with Gasteiger partial charge in [0.2, 0.25) is 0 Å². The molecule has 0 heterocycles. The number of hydrogen-bond donors (Lipinski definition) is 0. The predicted molar refractivity (Wildman–Crippen MR) is 51.9 cm³/mol. The van der Waals surface area contributed by atoms with Gasteiger partial charge in [-0.2, -0.15) is 5.26 Å². The number of hydrogen-bond acceptors (Lipinski definition) is 2. The minimum Gasteiger partial charge on any atom is -0.204 e. The molecular formula is C10H9F2NS. The summed E-state index contributed by atoms with van der Waals surface area (Å²) in [4.78, 5) is 0.696. The van der Waals surface area contributed by atoms with Crippen molar-refractivity contribution >= 4 is 11.8 Å². The van der Waals surface area contributed by atoms with Gasteiger partial charge in [0.05, 0.1) is 6.07 Å². The van der Waals surface area contributed by atoms with Gasteiger partial charge in [-0.1, -0.05) is 0 Å². The maximum Gasteiger partial charge on any atom is 0.159 e. The summed E-state index contributed by atoms with van der Waals surface area (Å²) in [6.07, 6.45) is 1.26. The van der Waals surface area contributed by atoms with Gasteiger partial charge in [-0.15, -0.1) is 11.8 Å². The Kier molecular flexibility index (Phi) is 4.41. The van der Waals surface area contributed by atoms with E-state index in [1.165, 1.54) is 23.9 Å². The van der Waals surface area contributed by atoms with Crippen LogP contribution in [0.2, 0.25) is 0 Å². The number of halogens is 2. The van der Waals surface area contributed by atoms with Crippen LogP contribution in [0.3, 0.4) is 0 Å².